The van der Waals surface area contributed by atoms with Gasteiger partial charge >= 0.3 is 0 Å². The van der Waals surface area contributed by atoms with Crippen LogP contribution < -0.4 is 15.0 Å². The molecule has 0 aromatic heterocycles. The molecule has 2 aliphatic rings. The van der Waals surface area contributed by atoms with E-state index in [1.807, 2.05) is 0 Å². The maximum absolute atomic E-state index is 14.3. The van der Waals surface area contributed by atoms with Crippen molar-refractivity contribution in [2.45, 2.75) is 31.0 Å². The minimum Gasteiger partial charge on any atom is -0.490 e. The van der Waals surface area contributed by atoms with Gasteiger partial charge in [0.2, 0.25) is 5.91 Å². The lowest BCUT2D eigenvalue weighted by Crippen LogP contribution is -2.58. The van der Waals surface area contributed by atoms with Gasteiger partial charge in [0.25, 0.3) is 0 Å². The summed E-state index contributed by atoms with van der Waals surface area (Å²) in [5.74, 6) is -1.20. The van der Waals surface area contributed by atoms with Crippen LogP contribution >= 0.6 is 27.5 Å². The third kappa shape index (κ3) is 4.37. The average molecular weight is 518 g/mol. The number of carbonyl (C=O) groups excluding carboxylic acids is 1. The summed E-state index contributed by atoms with van der Waals surface area (Å²) in [5, 5.41) is 24.7. The summed E-state index contributed by atoms with van der Waals surface area (Å²) >= 11 is 9.20. The standard InChI is InChI=1S/C21H20BrClF2N2O4/c22-11-7-14(24)20(15(25)8-11)27-6-5-21(30,17(28)9-27)10-31-16-3-2-13(23)19-12(16)1-4-18(29)26-19/h2-3,7-8,17,28,30H,1,4-6,9-10H2,(H,26,29)/t17-,21-/m1/s1. The number of β-amino-alcohol motifs (C(OH)–C–C–N with tert-alkyl or cyclic N) is 1. The highest BCUT2D eigenvalue weighted by atomic mass is 79.9. The van der Waals surface area contributed by atoms with E-state index in [1.165, 1.54) is 4.90 Å². The summed E-state index contributed by atoms with van der Waals surface area (Å²) in [5.41, 5.74) is -0.642. The zero-order chi connectivity index (χ0) is 22.3. The molecule has 2 aromatic carbocycles. The highest BCUT2D eigenvalue weighted by molar-refractivity contribution is 9.10. The molecule has 10 heteroatoms. The number of nitrogens with zero attached hydrogens (tertiary/aromatic N) is 1. The summed E-state index contributed by atoms with van der Waals surface area (Å²) in [6.07, 6.45) is -0.536. The van der Waals surface area contributed by atoms with Gasteiger partial charge in [-0.2, -0.15) is 0 Å². The first kappa shape index (κ1) is 22.3. The summed E-state index contributed by atoms with van der Waals surface area (Å²) in [6, 6.07) is 5.54. The second-order valence-corrected chi connectivity index (χ2v) is 9.09. The number of hydrogen-bond acceptors (Lipinski definition) is 5. The van der Waals surface area contributed by atoms with Gasteiger partial charge in [0.15, 0.2) is 11.6 Å². The number of ether oxygens (including phenoxy) is 1. The molecule has 1 saturated heterocycles. The van der Waals surface area contributed by atoms with E-state index in [-0.39, 0.29) is 48.6 Å². The van der Waals surface area contributed by atoms with Crippen LogP contribution in [0.15, 0.2) is 28.7 Å². The first-order chi connectivity index (χ1) is 14.7. The highest BCUT2D eigenvalue weighted by Gasteiger charge is 2.42. The van der Waals surface area contributed by atoms with E-state index in [4.69, 9.17) is 16.3 Å². The van der Waals surface area contributed by atoms with E-state index in [2.05, 4.69) is 21.2 Å². The Morgan fingerprint density at radius 3 is 2.68 bits per heavy atom. The quantitative estimate of drug-likeness (QED) is 0.577. The SMILES string of the molecule is O=C1CCc2c(OC[C@]3(O)CCN(c4c(F)cc(Br)cc4F)C[C@H]3O)ccc(Cl)c2N1. The molecule has 1 amide bonds. The monoisotopic (exact) mass is 516 g/mol. The second kappa shape index (κ2) is 8.54. The Bertz CT molecular complexity index is 1020. The van der Waals surface area contributed by atoms with Crippen molar-refractivity contribution >= 4 is 44.8 Å². The van der Waals surface area contributed by atoms with E-state index in [9.17, 15) is 23.8 Å². The van der Waals surface area contributed by atoms with Gasteiger partial charge in [0, 0.05) is 29.5 Å². The van der Waals surface area contributed by atoms with Crippen LogP contribution in [0.2, 0.25) is 5.02 Å². The Morgan fingerprint density at radius 2 is 2.00 bits per heavy atom. The van der Waals surface area contributed by atoms with Crippen molar-refractivity contribution in [2.75, 3.05) is 29.9 Å². The number of piperidine rings is 1. The third-order valence-electron chi connectivity index (χ3n) is 5.69. The molecular weight excluding hydrogens is 498 g/mol. The predicted octanol–water partition coefficient (Wildman–Crippen LogP) is 3.65. The Labute approximate surface area is 190 Å². The predicted molar refractivity (Wildman–Crippen MR) is 116 cm³/mol. The van der Waals surface area contributed by atoms with Crippen molar-refractivity contribution in [2.24, 2.45) is 0 Å². The maximum Gasteiger partial charge on any atom is 0.224 e. The Balaban J connectivity index is 1.48. The number of nitrogens with one attached hydrogen (secondary N) is 1. The maximum atomic E-state index is 14.3. The van der Waals surface area contributed by atoms with Gasteiger partial charge in [0.05, 0.1) is 10.7 Å². The Morgan fingerprint density at radius 1 is 1.29 bits per heavy atom. The minimum absolute atomic E-state index is 0.0373. The topological polar surface area (TPSA) is 82.0 Å². The molecule has 0 spiro atoms. The van der Waals surface area contributed by atoms with Gasteiger partial charge in [-0.25, -0.2) is 8.78 Å². The van der Waals surface area contributed by atoms with Gasteiger partial charge in [-0.1, -0.05) is 27.5 Å². The van der Waals surface area contributed by atoms with Crippen molar-refractivity contribution in [3.8, 4) is 5.75 Å². The molecule has 1 fully saturated rings. The normalized spacial score (nSPS) is 23.4. The molecule has 0 unspecified atom stereocenters. The van der Waals surface area contributed by atoms with Crippen LogP contribution in [0.4, 0.5) is 20.2 Å². The van der Waals surface area contributed by atoms with Gasteiger partial charge in [-0.05, 0) is 37.1 Å². The van der Waals surface area contributed by atoms with Crippen molar-refractivity contribution in [3.05, 3.63) is 51.0 Å². The number of anilines is 2. The van der Waals surface area contributed by atoms with Crippen LogP contribution in [0.3, 0.4) is 0 Å². The van der Waals surface area contributed by atoms with E-state index in [0.717, 1.165) is 17.7 Å². The Hall–Kier alpha value is -1.94. The van der Waals surface area contributed by atoms with Crippen molar-refractivity contribution in [3.63, 3.8) is 0 Å². The molecule has 0 bridgehead atoms. The molecule has 0 aliphatic carbocycles. The molecule has 2 heterocycles. The number of halogens is 4. The first-order valence-corrected chi connectivity index (χ1v) is 10.9. The molecule has 2 aromatic rings. The van der Waals surface area contributed by atoms with Crippen molar-refractivity contribution in [1.82, 2.24) is 0 Å². The summed E-state index contributed by atoms with van der Waals surface area (Å²) in [4.78, 5) is 13.0. The van der Waals surface area contributed by atoms with Gasteiger partial charge < -0.3 is 25.2 Å². The van der Waals surface area contributed by atoms with Crippen molar-refractivity contribution in [1.29, 1.82) is 0 Å². The fourth-order valence-electron chi connectivity index (χ4n) is 3.94. The lowest BCUT2D eigenvalue weighted by molar-refractivity contribution is -0.116. The molecule has 166 valence electrons. The molecular formula is C21H20BrClF2N2O4. The fourth-order valence-corrected chi connectivity index (χ4v) is 4.56. The van der Waals surface area contributed by atoms with Crippen LogP contribution in [0, 0.1) is 11.6 Å². The summed E-state index contributed by atoms with van der Waals surface area (Å²) < 4.78 is 34.7. The van der Waals surface area contributed by atoms with E-state index >= 15 is 0 Å². The number of benzene rings is 2. The average Bonchev–Trinajstić information content (AvgIpc) is 2.70. The van der Waals surface area contributed by atoms with Crippen LogP contribution in [0.1, 0.15) is 18.4 Å². The number of hydrogen-bond donors (Lipinski definition) is 3. The van der Waals surface area contributed by atoms with Crippen molar-refractivity contribution < 1.29 is 28.5 Å². The molecule has 6 nitrogen and oxygen atoms in total. The molecule has 0 radical (unpaired) electrons. The summed E-state index contributed by atoms with van der Waals surface area (Å²) in [7, 11) is 0. The smallest absolute Gasteiger partial charge is 0.224 e. The van der Waals surface area contributed by atoms with E-state index in [0.29, 0.717) is 22.9 Å². The lowest BCUT2D eigenvalue weighted by Gasteiger charge is -2.42. The highest BCUT2D eigenvalue weighted by Crippen LogP contribution is 2.38. The molecule has 0 saturated carbocycles. The van der Waals surface area contributed by atoms with E-state index < -0.39 is 23.3 Å². The number of aliphatic hydroxyl groups excluding tert-OH is 1. The number of amides is 1. The van der Waals surface area contributed by atoms with E-state index in [1.54, 1.807) is 12.1 Å². The van der Waals surface area contributed by atoms with Crippen LogP contribution in [0.25, 0.3) is 0 Å². The minimum atomic E-state index is -1.61. The second-order valence-electron chi connectivity index (χ2n) is 7.77. The molecule has 4 rings (SSSR count). The zero-order valence-electron chi connectivity index (χ0n) is 16.3. The number of carbonyl (C=O) groups is 1. The number of fused-ring (bicyclic) bond motifs is 1. The van der Waals surface area contributed by atoms with Crippen LogP contribution in [0.5, 0.6) is 5.75 Å². The lowest BCUT2D eigenvalue weighted by atomic mass is 9.89. The molecule has 31 heavy (non-hydrogen) atoms. The van der Waals surface area contributed by atoms with Crippen LogP contribution in [-0.2, 0) is 11.2 Å². The third-order valence-corrected chi connectivity index (χ3v) is 6.46. The molecule has 3 N–H and O–H groups in total. The fraction of sp³-hybridized carbons (Fsp3) is 0.381. The number of rotatable bonds is 4. The van der Waals surface area contributed by atoms with Gasteiger partial charge in [-0.3, -0.25) is 4.79 Å². The molecule has 2 aliphatic heterocycles. The van der Waals surface area contributed by atoms with Gasteiger partial charge in [0.1, 0.15) is 29.7 Å². The Kier molecular flexibility index (Phi) is 6.13. The zero-order valence-corrected chi connectivity index (χ0v) is 18.6. The van der Waals surface area contributed by atoms with Gasteiger partial charge in [-0.15, -0.1) is 0 Å². The number of aliphatic hydroxyl groups is 2. The molecule has 2 atom stereocenters. The summed E-state index contributed by atoms with van der Waals surface area (Å²) in [6.45, 7) is -0.263. The largest absolute Gasteiger partial charge is 0.490 e. The first-order valence-electron chi connectivity index (χ1n) is 9.72. The van der Waals surface area contributed by atoms with Crippen LogP contribution in [-0.4, -0.2) is 47.5 Å².